The van der Waals surface area contributed by atoms with Gasteiger partial charge in [-0.1, -0.05) is 27.7 Å². The molecule has 0 aliphatic rings. The smallest absolute Gasteiger partial charge is 0.248 e. The number of alkyl halides is 1. The van der Waals surface area contributed by atoms with Crippen molar-refractivity contribution in [2.45, 2.75) is 27.7 Å². The van der Waals surface area contributed by atoms with Crippen molar-refractivity contribution in [2.75, 3.05) is 5.88 Å². The zero-order valence-corrected chi connectivity index (χ0v) is 8.33. The standard InChI is InChI=1S/C5H12.C2H5ClN2O/c1-5(2,3)4;3-1-2(6)5-4/h1-4H3;1,4H2,(H,5,6). The molecular weight excluding hydrogens is 164 g/mol. The van der Waals surface area contributed by atoms with E-state index in [-0.39, 0.29) is 11.8 Å². The fraction of sp³-hybridized carbons (Fsp3) is 0.857. The van der Waals surface area contributed by atoms with Crippen LogP contribution in [-0.2, 0) is 4.79 Å². The van der Waals surface area contributed by atoms with Crippen LogP contribution in [0.5, 0.6) is 0 Å². The van der Waals surface area contributed by atoms with E-state index >= 15 is 0 Å². The molecule has 0 saturated carbocycles. The average Bonchev–Trinajstić information content (AvgIpc) is 1.83. The van der Waals surface area contributed by atoms with Crippen molar-refractivity contribution < 1.29 is 4.79 Å². The van der Waals surface area contributed by atoms with Gasteiger partial charge in [0.1, 0.15) is 5.88 Å². The van der Waals surface area contributed by atoms with E-state index in [1.807, 2.05) is 5.43 Å². The molecule has 1 amide bonds. The SMILES string of the molecule is CC(C)(C)C.NNC(=O)CCl. The van der Waals surface area contributed by atoms with Gasteiger partial charge in [-0.3, -0.25) is 10.2 Å². The quantitative estimate of drug-likeness (QED) is 0.276. The number of carbonyl (C=O) groups excluding carboxylic acids is 1. The van der Waals surface area contributed by atoms with Crippen LogP contribution in [0.4, 0.5) is 0 Å². The molecule has 0 spiro atoms. The van der Waals surface area contributed by atoms with Gasteiger partial charge in [-0.2, -0.15) is 0 Å². The second-order valence-electron chi connectivity index (χ2n) is 3.70. The van der Waals surface area contributed by atoms with Crippen LogP contribution in [0, 0.1) is 5.41 Å². The maximum Gasteiger partial charge on any atom is 0.248 e. The first-order chi connectivity index (χ1) is 4.81. The molecule has 0 aromatic rings. The summed E-state index contributed by atoms with van der Waals surface area (Å²) in [7, 11) is 0. The average molecular weight is 181 g/mol. The van der Waals surface area contributed by atoms with Crippen molar-refractivity contribution in [3.8, 4) is 0 Å². The first-order valence-corrected chi connectivity index (χ1v) is 3.90. The molecule has 0 aromatic heterocycles. The fourth-order valence-electron chi connectivity index (χ4n) is 0.0386. The molecule has 0 saturated heterocycles. The van der Waals surface area contributed by atoms with Gasteiger partial charge in [-0.05, 0) is 5.41 Å². The van der Waals surface area contributed by atoms with Crippen LogP contribution in [0.2, 0.25) is 0 Å². The van der Waals surface area contributed by atoms with Crippen LogP contribution in [0.3, 0.4) is 0 Å². The van der Waals surface area contributed by atoms with Gasteiger partial charge in [0.05, 0.1) is 0 Å². The summed E-state index contributed by atoms with van der Waals surface area (Å²) in [6.07, 6.45) is 0. The van der Waals surface area contributed by atoms with E-state index in [0.29, 0.717) is 5.41 Å². The molecule has 3 N–H and O–H groups in total. The lowest BCUT2D eigenvalue weighted by Crippen LogP contribution is -2.30. The van der Waals surface area contributed by atoms with Crippen molar-refractivity contribution in [3.63, 3.8) is 0 Å². The maximum absolute atomic E-state index is 9.81. The molecule has 4 heteroatoms. The van der Waals surface area contributed by atoms with Gasteiger partial charge in [0.15, 0.2) is 0 Å². The predicted octanol–water partition coefficient (Wildman–Crippen LogP) is 1.27. The van der Waals surface area contributed by atoms with Crippen LogP contribution in [-0.4, -0.2) is 11.8 Å². The highest BCUT2D eigenvalue weighted by molar-refractivity contribution is 6.27. The molecule has 3 nitrogen and oxygen atoms in total. The third-order valence-electron chi connectivity index (χ3n) is 0.282. The lowest BCUT2D eigenvalue weighted by molar-refractivity contribution is -0.118. The monoisotopic (exact) mass is 180 g/mol. The zero-order valence-electron chi connectivity index (χ0n) is 7.57. The Labute approximate surface area is 73.3 Å². The molecule has 0 bridgehead atoms. The van der Waals surface area contributed by atoms with Crippen LogP contribution >= 0.6 is 11.6 Å². The van der Waals surface area contributed by atoms with Crippen molar-refractivity contribution in [1.82, 2.24) is 5.43 Å². The van der Waals surface area contributed by atoms with Crippen molar-refractivity contribution in [1.29, 1.82) is 0 Å². The molecule has 0 aliphatic carbocycles. The highest BCUT2D eigenvalue weighted by Crippen LogP contribution is 2.07. The lowest BCUT2D eigenvalue weighted by atomic mass is 10.0. The van der Waals surface area contributed by atoms with Crippen LogP contribution in [0.25, 0.3) is 0 Å². The summed E-state index contributed by atoms with van der Waals surface area (Å²) in [5, 5.41) is 0. The van der Waals surface area contributed by atoms with E-state index in [9.17, 15) is 4.79 Å². The van der Waals surface area contributed by atoms with E-state index in [1.54, 1.807) is 0 Å². The number of hydrogen-bond acceptors (Lipinski definition) is 2. The fourth-order valence-corrected chi connectivity index (χ4v) is 0.116. The molecule has 0 rings (SSSR count). The normalized spacial score (nSPS) is 9.64. The highest BCUT2D eigenvalue weighted by Gasteiger charge is 1.95. The molecule has 11 heavy (non-hydrogen) atoms. The molecule has 0 heterocycles. The number of rotatable bonds is 1. The van der Waals surface area contributed by atoms with Gasteiger partial charge < -0.3 is 0 Å². The third-order valence-corrected chi connectivity index (χ3v) is 0.525. The summed E-state index contributed by atoms with van der Waals surface area (Å²) < 4.78 is 0. The Balaban J connectivity index is 0. The number of hydrogen-bond donors (Lipinski definition) is 2. The van der Waals surface area contributed by atoms with E-state index in [4.69, 9.17) is 11.6 Å². The number of nitrogens with two attached hydrogens (primary N) is 1. The van der Waals surface area contributed by atoms with Gasteiger partial charge in [0.2, 0.25) is 5.91 Å². The van der Waals surface area contributed by atoms with Gasteiger partial charge in [-0.15, -0.1) is 11.6 Å². The molecular formula is C7H17ClN2O. The van der Waals surface area contributed by atoms with Crippen molar-refractivity contribution in [2.24, 2.45) is 11.3 Å². The molecule has 0 radical (unpaired) electrons. The van der Waals surface area contributed by atoms with Crippen LogP contribution in [0.1, 0.15) is 27.7 Å². The minimum atomic E-state index is -0.364. The number of hydrazine groups is 1. The van der Waals surface area contributed by atoms with E-state index < -0.39 is 0 Å². The number of carbonyl (C=O) groups is 1. The molecule has 0 unspecified atom stereocenters. The Bertz CT molecular complexity index is 97.5. The molecule has 0 fully saturated rings. The Kier molecular flexibility index (Phi) is 7.79. The number of nitrogens with one attached hydrogen (secondary N) is 1. The van der Waals surface area contributed by atoms with Crippen LogP contribution < -0.4 is 11.3 Å². The summed E-state index contributed by atoms with van der Waals surface area (Å²) in [5.74, 6) is 4.16. The second-order valence-corrected chi connectivity index (χ2v) is 3.97. The summed E-state index contributed by atoms with van der Waals surface area (Å²) >= 11 is 4.96. The van der Waals surface area contributed by atoms with E-state index in [2.05, 4.69) is 33.5 Å². The Morgan fingerprint density at radius 3 is 1.73 bits per heavy atom. The Hall–Kier alpha value is -0.280. The highest BCUT2D eigenvalue weighted by atomic mass is 35.5. The topological polar surface area (TPSA) is 55.1 Å². The largest absolute Gasteiger partial charge is 0.293 e. The summed E-state index contributed by atoms with van der Waals surface area (Å²) in [6.45, 7) is 8.75. The van der Waals surface area contributed by atoms with Gasteiger partial charge in [0.25, 0.3) is 0 Å². The number of amides is 1. The maximum atomic E-state index is 9.81. The van der Waals surface area contributed by atoms with E-state index in [0.717, 1.165) is 0 Å². The van der Waals surface area contributed by atoms with E-state index in [1.165, 1.54) is 0 Å². The minimum absolute atomic E-state index is 0.0729. The third kappa shape index (κ3) is 41.9. The first-order valence-electron chi connectivity index (χ1n) is 3.36. The van der Waals surface area contributed by atoms with Crippen molar-refractivity contribution >= 4 is 17.5 Å². The molecule has 0 aromatic carbocycles. The van der Waals surface area contributed by atoms with Crippen molar-refractivity contribution in [3.05, 3.63) is 0 Å². The minimum Gasteiger partial charge on any atom is -0.293 e. The summed E-state index contributed by atoms with van der Waals surface area (Å²) in [5.41, 5.74) is 2.34. The lowest BCUT2D eigenvalue weighted by Gasteiger charge is -2.05. The second kappa shape index (κ2) is 6.43. The van der Waals surface area contributed by atoms with Gasteiger partial charge in [-0.25, -0.2) is 5.84 Å². The molecule has 0 atom stereocenters. The zero-order chi connectivity index (χ0) is 9.49. The summed E-state index contributed by atoms with van der Waals surface area (Å²) in [4.78, 5) is 9.81. The Morgan fingerprint density at radius 2 is 1.73 bits per heavy atom. The Morgan fingerprint density at radius 1 is 1.45 bits per heavy atom. The number of halogens is 1. The molecule has 68 valence electrons. The first kappa shape index (κ1) is 13.3. The predicted molar refractivity (Wildman–Crippen MR) is 48.2 cm³/mol. The van der Waals surface area contributed by atoms with Crippen LogP contribution in [0.15, 0.2) is 0 Å². The molecule has 0 aliphatic heterocycles. The van der Waals surface area contributed by atoms with Gasteiger partial charge in [0, 0.05) is 0 Å². The summed E-state index contributed by atoms with van der Waals surface area (Å²) in [6, 6.07) is 0. The van der Waals surface area contributed by atoms with Gasteiger partial charge >= 0.3 is 0 Å².